The van der Waals surface area contributed by atoms with Gasteiger partial charge in [0.15, 0.2) is 5.82 Å². The number of amides is 3. The standard InChI is InChI=1S/C39H52N6O7S/c1-8-24(4)53(49,50)43-38(48)39-22-26(39)13-11-9-10-12-17-44(6)37(47)30-20-27(19-29(30)36(46)41-39)52-33-21-34(45-18-16-31(42-45)23(2)3)40-35-25(5)32(51-7)15-14-28(33)35/h11,13-16,18,21,23-24,26-27,29-30H,8-10,12,17,19-20,22H2,1-7H3,(H,41,46)(H,43,48)/b13-11-/t24?,26-,27-,29-,30-,39-/m1/s1. The van der Waals surface area contributed by atoms with Gasteiger partial charge in [-0.15, -0.1) is 0 Å². The predicted molar refractivity (Wildman–Crippen MR) is 201 cm³/mol. The van der Waals surface area contributed by atoms with Crippen molar-refractivity contribution >= 4 is 38.6 Å². The molecule has 6 atom stereocenters. The van der Waals surface area contributed by atoms with E-state index in [1.165, 1.54) is 0 Å². The largest absolute Gasteiger partial charge is 0.496 e. The van der Waals surface area contributed by atoms with Gasteiger partial charge >= 0.3 is 0 Å². The van der Waals surface area contributed by atoms with Crippen LogP contribution in [0.5, 0.6) is 11.5 Å². The lowest BCUT2D eigenvalue weighted by molar-refractivity contribution is -0.140. The minimum Gasteiger partial charge on any atom is -0.496 e. The van der Waals surface area contributed by atoms with Crippen molar-refractivity contribution in [1.29, 1.82) is 0 Å². The van der Waals surface area contributed by atoms with Crippen LogP contribution in [0.25, 0.3) is 16.7 Å². The Kier molecular flexibility index (Phi) is 10.9. The Balaban J connectivity index is 1.34. The summed E-state index contributed by atoms with van der Waals surface area (Å²) in [6, 6.07) is 7.54. The summed E-state index contributed by atoms with van der Waals surface area (Å²) in [7, 11) is -0.586. The third-order valence-electron chi connectivity index (χ3n) is 11.2. The van der Waals surface area contributed by atoms with Gasteiger partial charge in [0.2, 0.25) is 21.8 Å². The van der Waals surface area contributed by atoms with Gasteiger partial charge in [-0.2, -0.15) is 5.10 Å². The summed E-state index contributed by atoms with van der Waals surface area (Å²) in [5.41, 5.74) is 0.995. The number of benzene rings is 1. The van der Waals surface area contributed by atoms with Crippen molar-refractivity contribution in [1.82, 2.24) is 29.7 Å². The average molecular weight is 749 g/mol. The van der Waals surface area contributed by atoms with Crippen LogP contribution in [0.1, 0.15) is 89.8 Å². The van der Waals surface area contributed by atoms with Crippen LogP contribution in [0.15, 0.2) is 42.6 Å². The van der Waals surface area contributed by atoms with Crippen molar-refractivity contribution in [2.45, 2.75) is 102 Å². The van der Waals surface area contributed by atoms with Crippen LogP contribution in [0.4, 0.5) is 0 Å². The van der Waals surface area contributed by atoms with Gasteiger partial charge in [0.25, 0.3) is 5.91 Å². The van der Waals surface area contributed by atoms with Gasteiger partial charge in [-0.3, -0.25) is 19.1 Å². The van der Waals surface area contributed by atoms with Crippen molar-refractivity contribution in [3.05, 3.63) is 53.9 Å². The molecule has 286 valence electrons. The molecule has 2 fully saturated rings. The molecule has 1 unspecified atom stereocenters. The Morgan fingerprint density at radius 1 is 1.11 bits per heavy atom. The number of sulfonamides is 1. The van der Waals surface area contributed by atoms with E-state index < -0.39 is 50.6 Å². The van der Waals surface area contributed by atoms with E-state index in [1.807, 2.05) is 49.5 Å². The minimum atomic E-state index is -3.95. The number of carbonyl (C=O) groups is 3. The number of allylic oxidation sites excluding steroid dienone is 1. The number of rotatable bonds is 9. The SMILES string of the molecule is CCC(C)S(=O)(=O)NC(=O)[C@@]12C[C@H]1/C=C\CCCCN(C)C(=O)[C@@H]1C[C@H](Oc3cc(-n4ccc(C(C)C)n4)nc4c(C)c(OC)ccc34)C[C@H]1C(=O)N2. The van der Waals surface area contributed by atoms with Crippen molar-refractivity contribution < 1.29 is 32.3 Å². The molecule has 1 aromatic carbocycles. The maximum absolute atomic E-state index is 14.3. The molecule has 1 aliphatic heterocycles. The molecule has 2 N–H and O–H groups in total. The second-order valence-corrected chi connectivity index (χ2v) is 17.3. The Hall–Kier alpha value is -4.46. The number of methoxy groups -OCH3 is 1. The van der Waals surface area contributed by atoms with E-state index in [4.69, 9.17) is 19.6 Å². The molecule has 3 aliphatic rings. The maximum Gasteiger partial charge on any atom is 0.259 e. The predicted octanol–water partition coefficient (Wildman–Crippen LogP) is 4.95. The average Bonchev–Trinajstić information content (AvgIpc) is 3.42. The van der Waals surface area contributed by atoms with Crippen LogP contribution < -0.4 is 19.5 Å². The Labute approximate surface area is 311 Å². The monoisotopic (exact) mass is 748 g/mol. The lowest BCUT2D eigenvalue weighted by Crippen LogP contribution is -2.55. The van der Waals surface area contributed by atoms with Gasteiger partial charge in [-0.05, 0) is 82.9 Å². The molecule has 3 aromatic rings. The molecule has 0 radical (unpaired) electrons. The maximum atomic E-state index is 14.3. The number of nitrogens with one attached hydrogen (secondary N) is 2. The van der Waals surface area contributed by atoms with E-state index in [-0.39, 0.29) is 37.0 Å². The Bertz CT molecular complexity index is 2030. The lowest BCUT2D eigenvalue weighted by Gasteiger charge is -2.27. The molecule has 6 rings (SSSR count). The topological polar surface area (TPSA) is 162 Å². The van der Waals surface area contributed by atoms with Gasteiger partial charge < -0.3 is 19.7 Å². The van der Waals surface area contributed by atoms with Gasteiger partial charge in [0.1, 0.15) is 23.1 Å². The number of aromatic nitrogens is 3. The van der Waals surface area contributed by atoms with Crippen molar-refractivity contribution in [2.75, 3.05) is 20.7 Å². The molecule has 13 nitrogen and oxygen atoms in total. The zero-order chi connectivity index (χ0) is 38.2. The van der Waals surface area contributed by atoms with Crippen molar-refractivity contribution in [3.8, 4) is 17.3 Å². The molecule has 0 spiro atoms. The van der Waals surface area contributed by atoms with Gasteiger partial charge in [-0.25, -0.2) is 18.1 Å². The summed E-state index contributed by atoms with van der Waals surface area (Å²) >= 11 is 0. The first-order valence-corrected chi connectivity index (χ1v) is 20.2. The number of fused-ring (bicyclic) bond motifs is 3. The molecule has 3 heterocycles. The Morgan fingerprint density at radius 3 is 2.57 bits per heavy atom. The number of ether oxygens (including phenoxy) is 2. The fourth-order valence-corrected chi connectivity index (χ4v) is 8.59. The van der Waals surface area contributed by atoms with Crippen LogP contribution in [0.2, 0.25) is 0 Å². The minimum absolute atomic E-state index is 0.160. The molecule has 3 amide bonds. The van der Waals surface area contributed by atoms with Crippen LogP contribution in [-0.4, -0.2) is 83.4 Å². The highest BCUT2D eigenvalue weighted by Crippen LogP contribution is 2.47. The van der Waals surface area contributed by atoms with E-state index in [1.54, 1.807) is 37.6 Å². The van der Waals surface area contributed by atoms with Crippen LogP contribution in [0.3, 0.4) is 0 Å². The quantitative estimate of drug-likeness (QED) is 0.289. The molecule has 14 heteroatoms. The third-order valence-corrected chi connectivity index (χ3v) is 13.1. The normalized spacial score (nSPS) is 26.3. The summed E-state index contributed by atoms with van der Waals surface area (Å²) in [5, 5.41) is 7.67. The number of hydrogen-bond donors (Lipinski definition) is 2. The van der Waals surface area contributed by atoms with Crippen molar-refractivity contribution in [2.24, 2.45) is 17.8 Å². The summed E-state index contributed by atoms with van der Waals surface area (Å²) in [4.78, 5) is 48.7. The first-order chi connectivity index (χ1) is 25.2. The number of aryl methyl sites for hydroxylation is 1. The molecule has 0 saturated heterocycles. The van der Waals surface area contributed by atoms with Crippen molar-refractivity contribution in [3.63, 3.8) is 0 Å². The first-order valence-electron chi connectivity index (χ1n) is 18.7. The van der Waals surface area contributed by atoms with Crippen LogP contribution >= 0.6 is 0 Å². The van der Waals surface area contributed by atoms with E-state index in [0.717, 1.165) is 35.9 Å². The van der Waals surface area contributed by atoms with E-state index in [9.17, 15) is 22.8 Å². The van der Waals surface area contributed by atoms with E-state index >= 15 is 0 Å². The van der Waals surface area contributed by atoms with Crippen LogP contribution in [0, 0.1) is 24.7 Å². The summed E-state index contributed by atoms with van der Waals surface area (Å²) in [6.45, 7) is 9.90. The second kappa shape index (κ2) is 15.1. The molecule has 2 aliphatic carbocycles. The summed E-state index contributed by atoms with van der Waals surface area (Å²) in [5.74, 6) is -1.29. The second-order valence-electron chi connectivity index (χ2n) is 15.2. The molecule has 53 heavy (non-hydrogen) atoms. The van der Waals surface area contributed by atoms with Gasteiger partial charge in [0.05, 0.1) is 35.4 Å². The molecular formula is C39H52N6O7S. The molecule has 2 saturated carbocycles. The number of carbonyl (C=O) groups excluding carboxylic acids is 3. The van der Waals surface area contributed by atoms with E-state index in [2.05, 4.69) is 23.9 Å². The summed E-state index contributed by atoms with van der Waals surface area (Å²) < 4.78 is 42.2. The number of nitrogens with zero attached hydrogens (tertiary/aromatic N) is 4. The lowest BCUT2D eigenvalue weighted by atomic mass is 9.93. The first kappa shape index (κ1) is 38.3. The van der Waals surface area contributed by atoms with Crippen LogP contribution in [-0.2, 0) is 24.4 Å². The zero-order valence-corrected chi connectivity index (χ0v) is 32.5. The van der Waals surface area contributed by atoms with E-state index in [0.29, 0.717) is 35.8 Å². The van der Waals surface area contributed by atoms with Gasteiger partial charge in [-0.1, -0.05) is 32.9 Å². The fraction of sp³-hybridized carbons (Fsp3) is 0.564. The van der Waals surface area contributed by atoms with Gasteiger partial charge in [0, 0.05) is 42.7 Å². The number of pyridine rings is 1. The number of hydrogen-bond acceptors (Lipinski definition) is 9. The molecule has 2 aromatic heterocycles. The smallest absolute Gasteiger partial charge is 0.259 e. The molecular weight excluding hydrogens is 697 g/mol. The zero-order valence-electron chi connectivity index (χ0n) is 31.7. The third kappa shape index (κ3) is 7.65. The highest BCUT2D eigenvalue weighted by Gasteiger charge is 2.62. The molecule has 0 bridgehead atoms. The fourth-order valence-electron chi connectivity index (χ4n) is 7.51. The highest BCUT2D eigenvalue weighted by atomic mass is 32.2. The Morgan fingerprint density at radius 2 is 1.87 bits per heavy atom. The highest BCUT2D eigenvalue weighted by molar-refractivity contribution is 7.90. The summed E-state index contributed by atoms with van der Waals surface area (Å²) in [6.07, 6.45) is 8.65.